The number of carbonyl (C=O) groups excluding carboxylic acids is 1. The van der Waals surface area contributed by atoms with Crippen LogP contribution in [0.1, 0.15) is 51.0 Å². The molecule has 1 saturated heterocycles. The van der Waals surface area contributed by atoms with Crippen molar-refractivity contribution in [3.63, 3.8) is 0 Å². The van der Waals surface area contributed by atoms with Crippen molar-refractivity contribution in [1.29, 1.82) is 0 Å². The van der Waals surface area contributed by atoms with Crippen LogP contribution in [-0.2, 0) is 30.9 Å². The van der Waals surface area contributed by atoms with Crippen LogP contribution in [0, 0.1) is 0 Å². The molecule has 0 aromatic heterocycles. The fourth-order valence-corrected chi connectivity index (χ4v) is 5.33. The summed E-state index contributed by atoms with van der Waals surface area (Å²) in [5.74, 6) is -1.03. The van der Waals surface area contributed by atoms with Crippen molar-refractivity contribution >= 4 is 11.6 Å². The third-order valence-electron chi connectivity index (χ3n) is 7.28. The average Bonchev–Trinajstić information content (AvgIpc) is 3.44. The largest absolute Gasteiger partial charge is 0.507 e. The van der Waals surface area contributed by atoms with Crippen LogP contribution in [0.5, 0.6) is 11.5 Å². The molecule has 40 heavy (non-hydrogen) atoms. The summed E-state index contributed by atoms with van der Waals surface area (Å²) in [4.78, 5) is 17.6. The highest BCUT2D eigenvalue weighted by molar-refractivity contribution is 6.00. The van der Waals surface area contributed by atoms with Gasteiger partial charge in [-0.3, -0.25) is 4.79 Å². The minimum absolute atomic E-state index is 0.0577. The molecule has 0 saturated carbocycles. The monoisotopic (exact) mass is 551 g/mol. The van der Waals surface area contributed by atoms with Crippen LogP contribution in [0.25, 0.3) is 0 Å². The minimum Gasteiger partial charge on any atom is -0.507 e. The number of nitrogens with zero attached hydrogens (tertiary/aromatic N) is 2. The first kappa shape index (κ1) is 27.9. The summed E-state index contributed by atoms with van der Waals surface area (Å²) in [7, 11) is 4.06. The Kier molecular flexibility index (Phi) is 8.52. The van der Waals surface area contributed by atoms with Crippen LogP contribution in [0.15, 0.2) is 54.6 Å². The molecule has 0 bridgehead atoms. The quantitative estimate of drug-likeness (QED) is 0.373. The smallest absolute Gasteiger partial charge is 0.264 e. The molecule has 9 heteroatoms. The normalized spacial score (nSPS) is 16.9. The molecule has 0 aliphatic carbocycles. The second-order valence-electron chi connectivity index (χ2n) is 10.7. The van der Waals surface area contributed by atoms with E-state index in [0.29, 0.717) is 32.7 Å². The molecule has 0 radical (unpaired) electrons. The average molecular weight is 552 g/mol. The second-order valence-corrected chi connectivity index (χ2v) is 10.7. The van der Waals surface area contributed by atoms with Gasteiger partial charge in [-0.2, -0.15) is 0 Å². The van der Waals surface area contributed by atoms with Gasteiger partial charge in [0.1, 0.15) is 23.7 Å². The number of hydrogen-bond donors (Lipinski definition) is 2. The Morgan fingerprint density at radius 2 is 1.98 bits per heavy atom. The minimum atomic E-state index is -2.82. The van der Waals surface area contributed by atoms with Gasteiger partial charge in [-0.15, -0.1) is 0 Å². The number of fused-ring (bicyclic) bond motifs is 1. The van der Waals surface area contributed by atoms with Crippen LogP contribution >= 0.6 is 0 Å². The summed E-state index contributed by atoms with van der Waals surface area (Å²) in [6, 6.07) is 15.8. The molecule has 1 amide bonds. The summed E-state index contributed by atoms with van der Waals surface area (Å²) in [5.41, 5.74) is 4.65. The lowest BCUT2D eigenvalue weighted by atomic mass is 9.94. The highest BCUT2D eigenvalue weighted by Gasteiger charge is 2.30. The lowest BCUT2D eigenvalue weighted by Gasteiger charge is -2.32. The fraction of sp³-hybridized carbons (Fsp3) is 0.387. The van der Waals surface area contributed by atoms with E-state index >= 15 is 0 Å². The standard InChI is InChI=1S/C31H35F2N3O4/c1-35(2)16-21-12-22-8-10-36(17-25(22)26(13-21)34-24-9-11-39-19-24)31(38)29-27(37)14-23(30(32)33)15-28(29)40-18-20-6-4-3-5-7-20/h3-7,12-15,24,30,34,37H,8-11,16-19H2,1-2H3/t24-/m0/s1. The lowest BCUT2D eigenvalue weighted by Crippen LogP contribution is -2.37. The van der Waals surface area contributed by atoms with Crippen molar-refractivity contribution in [3.05, 3.63) is 88.0 Å². The first-order chi connectivity index (χ1) is 19.3. The molecule has 2 N–H and O–H groups in total. The summed E-state index contributed by atoms with van der Waals surface area (Å²) < 4.78 is 38.6. The van der Waals surface area contributed by atoms with Gasteiger partial charge in [0.2, 0.25) is 0 Å². The van der Waals surface area contributed by atoms with Crippen LogP contribution in [-0.4, -0.2) is 60.7 Å². The molecule has 3 aromatic rings. The molecule has 0 spiro atoms. The number of alkyl halides is 2. The maximum Gasteiger partial charge on any atom is 0.264 e. The first-order valence-electron chi connectivity index (χ1n) is 13.5. The van der Waals surface area contributed by atoms with Crippen LogP contribution < -0.4 is 10.1 Å². The number of hydrogen-bond acceptors (Lipinski definition) is 6. The van der Waals surface area contributed by atoms with E-state index in [2.05, 4.69) is 22.3 Å². The van der Waals surface area contributed by atoms with Gasteiger partial charge >= 0.3 is 0 Å². The van der Waals surface area contributed by atoms with E-state index in [0.717, 1.165) is 41.9 Å². The second kappa shape index (κ2) is 12.2. The molecular formula is C31H35F2N3O4. The van der Waals surface area contributed by atoms with E-state index in [1.54, 1.807) is 4.90 Å². The van der Waals surface area contributed by atoms with Gasteiger partial charge in [0, 0.05) is 37.5 Å². The number of phenolic OH excluding ortho intramolecular Hbond substituents is 1. The number of ether oxygens (including phenoxy) is 2. The summed E-state index contributed by atoms with van der Waals surface area (Å²) in [6.07, 6.45) is -1.28. The number of amides is 1. The summed E-state index contributed by atoms with van der Waals surface area (Å²) in [5, 5.41) is 14.4. The Morgan fingerprint density at radius 3 is 2.67 bits per heavy atom. The third kappa shape index (κ3) is 6.37. The van der Waals surface area contributed by atoms with E-state index in [1.807, 2.05) is 44.4 Å². The van der Waals surface area contributed by atoms with Crippen molar-refractivity contribution < 1.29 is 28.2 Å². The molecule has 2 heterocycles. The number of nitrogens with one attached hydrogen (secondary N) is 1. The zero-order valence-electron chi connectivity index (χ0n) is 22.8. The lowest BCUT2D eigenvalue weighted by molar-refractivity contribution is 0.0726. The van der Waals surface area contributed by atoms with Crippen LogP contribution in [0.3, 0.4) is 0 Å². The Labute approximate surface area is 233 Å². The zero-order valence-corrected chi connectivity index (χ0v) is 22.8. The van der Waals surface area contributed by atoms with Gasteiger partial charge in [-0.25, -0.2) is 8.78 Å². The highest BCUT2D eigenvalue weighted by Crippen LogP contribution is 2.37. The van der Waals surface area contributed by atoms with Crippen molar-refractivity contribution in [2.45, 2.75) is 45.0 Å². The number of rotatable bonds is 9. The SMILES string of the molecule is CN(C)Cc1cc2c(c(N[C@H]3CCOC3)c1)CN(C(=O)c1c(O)cc(C(F)F)cc1OCc1ccccc1)CC2. The van der Waals surface area contributed by atoms with Gasteiger partial charge in [0.25, 0.3) is 12.3 Å². The molecule has 7 nitrogen and oxygen atoms in total. The first-order valence-corrected chi connectivity index (χ1v) is 13.5. The predicted molar refractivity (Wildman–Crippen MR) is 149 cm³/mol. The maximum absolute atomic E-state index is 13.9. The fourth-order valence-electron chi connectivity index (χ4n) is 5.33. The zero-order chi connectivity index (χ0) is 28.2. The van der Waals surface area contributed by atoms with Gasteiger partial charge < -0.3 is 29.7 Å². The molecule has 5 rings (SSSR count). The number of halogens is 2. The van der Waals surface area contributed by atoms with Crippen molar-refractivity contribution in [3.8, 4) is 11.5 Å². The van der Waals surface area contributed by atoms with Crippen molar-refractivity contribution in [2.24, 2.45) is 0 Å². The van der Waals surface area contributed by atoms with Gasteiger partial charge in [0.05, 0.1) is 12.6 Å². The molecule has 212 valence electrons. The van der Waals surface area contributed by atoms with E-state index in [4.69, 9.17) is 9.47 Å². The molecule has 1 fully saturated rings. The maximum atomic E-state index is 13.9. The number of aromatic hydroxyl groups is 1. The number of anilines is 1. The Bertz CT molecular complexity index is 1340. The molecule has 2 aliphatic heterocycles. The topological polar surface area (TPSA) is 74.3 Å². The van der Waals surface area contributed by atoms with E-state index in [1.165, 1.54) is 11.1 Å². The van der Waals surface area contributed by atoms with Gasteiger partial charge in [-0.1, -0.05) is 36.4 Å². The van der Waals surface area contributed by atoms with Gasteiger partial charge in [0.15, 0.2) is 0 Å². The molecule has 2 aliphatic rings. The Hall–Kier alpha value is -3.69. The number of phenols is 1. The summed E-state index contributed by atoms with van der Waals surface area (Å²) in [6.45, 7) is 2.95. The van der Waals surface area contributed by atoms with Crippen molar-refractivity contribution in [1.82, 2.24) is 9.80 Å². The van der Waals surface area contributed by atoms with E-state index in [-0.39, 0.29) is 24.0 Å². The number of benzene rings is 3. The van der Waals surface area contributed by atoms with E-state index < -0.39 is 23.6 Å². The summed E-state index contributed by atoms with van der Waals surface area (Å²) >= 11 is 0. The molecule has 0 unspecified atom stereocenters. The predicted octanol–water partition coefficient (Wildman–Crippen LogP) is 5.37. The molecule has 1 atom stereocenters. The van der Waals surface area contributed by atoms with Gasteiger partial charge in [-0.05, 0) is 67.4 Å². The highest BCUT2D eigenvalue weighted by atomic mass is 19.3. The molecule has 3 aromatic carbocycles. The van der Waals surface area contributed by atoms with Crippen molar-refractivity contribution in [2.75, 3.05) is 39.2 Å². The molecular weight excluding hydrogens is 516 g/mol. The Morgan fingerprint density at radius 1 is 1.18 bits per heavy atom. The van der Waals surface area contributed by atoms with Crippen LogP contribution in [0.4, 0.5) is 14.5 Å². The van der Waals surface area contributed by atoms with E-state index in [9.17, 15) is 18.7 Å². The Balaban J connectivity index is 1.45. The third-order valence-corrected chi connectivity index (χ3v) is 7.28. The number of carbonyl (C=O) groups is 1. The van der Waals surface area contributed by atoms with Crippen LogP contribution in [0.2, 0.25) is 0 Å².